The first kappa shape index (κ1) is 9.81. The molecule has 1 aliphatic rings. The zero-order valence-electron chi connectivity index (χ0n) is 7.74. The van der Waals surface area contributed by atoms with Gasteiger partial charge < -0.3 is 4.74 Å². The second-order valence-corrected chi connectivity index (χ2v) is 3.45. The van der Waals surface area contributed by atoms with Crippen molar-refractivity contribution in [3.63, 3.8) is 0 Å². The van der Waals surface area contributed by atoms with E-state index in [1.807, 2.05) is 6.07 Å². The van der Waals surface area contributed by atoms with Crippen LogP contribution in [-0.4, -0.2) is 19.2 Å². The molecule has 4 nitrogen and oxygen atoms in total. The van der Waals surface area contributed by atoms with Crippen molar-refractivity contribution in [3.8, 4) is 6.07 Å². The van der Waals surface area contributed by atoms with Crippen molar-refractivity contribution in [2.45, 2.75) is 0 Å². The summed E-state index contributed by atoms with van der Waals surface area (Å²) in [6.07, 6.45) is -0.379. The highest BCUT2D eigenvalue weighted by molar-refractivity contribution is 6.32. The van der Waals surface area contributed by atoms with Gasteiger partial charge in [0, 0.05) is 5.69 Å². The van der Waals surface area contributed by atoms with Crippen LogP contribution in [0.25, 0.3) is 0 Å². The van der Waals surface area contributed by atoms with Crippen molar-refractivity contribution in [2.24, 2.45) is 0 Å². The molecule has 1 heterocycles. The van der Waals surface area contributed by atoms with Gasteiger partial charge in [-0.3, -0.25) is 4.90 Å². The predicted octanol–water partition coefficient (Wildman–Crippen LogP) is 2.17. The van der Waals surface area contributed by atoms with E-state index in [9.17, 15) is 4.79 Å². The summed E-state index contributed by atoms with van der Waals surface area (Å²) in [6, 6.07) is 6.81. The number of nitriles is 1. The van der Waals surface area contributed by atoms with Gasteiger partial charge in [-0.2, -0.15) is 5.26 Å². The SMILES string of the molecule is N#Cc1ccc(N2CCOC2=O)cc1Cl. The lowest BCUT2D eigenvalue weighted by Gasteiger charge is -2.12. The van der Waals surface area contributed by atoms with Crippen LogP contribution in [-0.2, 0) is 4.74 Å². The minimum absolute atomic E-state index is 0.342. The Labute approximate surface area is 91.6 Å². The fraction of sp³-hybridized carbons (Fsp3) is 0.200. The Morgan fingerprint density at radius 2 is 2.33 bits per heavy atom. The van der Waals surface area contributed by atoms with Gasteiger partial charge in [-0.15, -0.1) is 0 Å². The molecule has 0 spiro atoms. The third-order valence-electron chi connectivity index (χ3n) is 2.15. The predicted molar refractivity (Wildman–Crippen MR) is 54.9 cm³/mol. The van der Waals surface area contributed by atoms with Crippen LogP contribution in [0.3, 0.4) is 0 Å². The van der Waals surface area contributed by atoms with E-state index >= 15 is 0 Å². The summed E-state index contributed by atoms with van der Waals surface area (Å²) >= 11 is 5.85. The number of benzene rings is 1. The van der Waals surface area contributed by atoms with E-state index in [4.69, 9.17) is 21.6 Å². The van der Waals surface area contributed by atoms with Crippen molar-refractivity contribution >= 4 is 23.4 Å². The molecule has 1 aromatic rings. The van der Waals surface area contributed by atoms with E-state index in [0.717, 1.165) is 0 Å². The number of carbonyl (C=O) groups excluding carboxylic acids is 1. The van der Waals surface area contributed by atoms with Gasteiger partial charge in [-0.25, -0.2) is 4.79 Å². The quantitative estimate of drug-likeness (QED) is 0.732. The number of amides is 1. The Bertz CT molecular complexity index is 453. The highest BCUT2D eigenvalue weighted by atomic mass is 35.5. The summed E-state index contributed by atoms with van der Waals surface area (Å²) in [4.78, 5) is 12.7. The molecule has 1 fully saturated rings. The fourth-order valence-electron chi connectivity index (χ4n) is 1.39. The first-order chi connectivity index (χ1) is 7.22. The van der Waals surface area contributed by atoms with Gasteiger partial charge in [0.2, 0.25) is 0 Å². The zero-order valence-corrected chi connectivity index (χ0v) is 8.49. The van der Waals surface area contributed by atoms with E-state index in [1.165, 1.54) is 4.90 Å². The second kappa shape index (κ2) is 3.79. The van der Waals surface area contributed by atoms with Crippen molar-refractivity contribution < 1.29 is 9.53 Å². The van der Waals surface area contributed by atoms with Gasteiger partial charge in [0.1, 0.15) is 12.7 Å². The largest absolute Gasteiger partial charge is 0.447 e. The van der Waals surface area contributed by atoms with Crippen LogP contribution < -0.4 is 4.90 Å². The molecule has 0 saturated carbocycles. The van der Waals surface area contributed by atoms with Crippen LogP contribution in [0.5, 0.6) is 0 Å². The first-order valence-electron chi connectivity index (χ1n) is 4.36. The lowest BCUT2D eigenvalue weighted by Crippen LogP contribution is -2.23. The fourth-order valence-corrected chi connectivity index (χ4v) is 1.61. The normalized spacial score (nSPS) is 14.9. The average Bonchev–Trinajstić information content (AvgIpc) is 2.64. The molecule has 1 amide bonds. The summed E-state index contributed by atoms with van der Waals surface area (Å²) in [5.41, 5.74) is 1.05. The Morgan fingerprint density at radius 3 is 2.87 bits per heavy atom. The minimum Gasteiger partial charge on any atom is -0.447 e. The smallest absolute Gasteiger partial charge is 0.414 e. The summed E-state index contributed by atoms with van der Waals surface area (Å²) in [6.45, 7) is 0.900. The molecule has 0 N–H and O–H groups in total. The summed E-state index contributed by atoms with van der Waals surface area (Å²) in [7, 11) is 0. The lowest BCUT2D eigenvalue weighted by molar-refractivity contribution is 0.181. The third-order valence-corrected chi connectivity index (χ3v) is 2.46. The maximum Gasteiger partial charge on any atom is 0.414 e. The standard InChI is InChI=1S/C10H7ClN2O2/c11-9-5-8(2-1-7(9)6-12)13-3-4-15-10(13)14/h1-2,5H,3-4H2. The molecule has 0 bridgehead atoms. The van der Waals surface area contributed by atoms with Crippen molar-refractivity contribution in [1.82, 2.24) is 0 Å². The number of hydrogen-bond acceptors (Lipinski definition) is 3. The van der Waals surface area contributed by atoms with Gasteiger partial charge in [-0.1, -0.05) is 11.6 Å². The molecule has 1 saturated heterocycles. The van der Waals surface area contributed by atoms with Gasteiger partial charge in [0.05, 0.1) is 17.1 Å². The highest BCUT2D eigenvalue weighted by Crippen LogP contribution is 2.25. The molecule has 0 atom stereocenters. The molecule has 15 heavy (non-hydrogen) atoms. The molecule has 1 aromatic carbocycles. The van der Waals surface area contributed by atoms with E-state index < -0.39 is 0 Å². The molecule has 2 rings (SSSR count). The molecule has 1 aliphatic heterocycles. The van der Waals surface area contributed by atoms with Crippen LogP contribution in [0.1, 0.15) is 5.56 Å². The topological polar surface area (TPSA) is 53.3 Å². The number of ether oxygens (including phenoxy) is 1. The number of rotatable bonds is 1. The Kier molecular flexibility index (Phi) is 2.48. The van der Waals surface area contributed by atoms with Crippen LogP contribution in [0.4, 0.5) is 10.5 Å². The van der Waals surface area contributed by atoms with E-state index in [1.54, 1.807) is 18.2 Å². The van der Waals surface area contributed by atoms with Crippen LogP contribution in [0.2, 0.25) is 5.02 Å². The molecule has 0 unspecified atom stereocenters. The molecule has 5 heteroatoms. The minimum atomic E-state index is -0.379. The zero-order chi connectivity index (χ0) is 10.8. The third kappa shape index (κ3) is 1.74. The van der Waals surface area contributed by atoms with E-state index in [2.05, 4.69) is 0 Å². The molecule has 0 aliphatic carbocycles. The maximum atomic E-state index is 11.2. The van der Waals surface area contributed by atoms with Crippen LogP contribution in [0, 0.1) is 11.3 Å². The molecular formula is C10H7ClN2O2. The lowest BCUT2D eigenvalue weighted by atomic mass is 10.2. The summed E-state index contributed by atoms with van der Waals surface area (Å²) < 4.78 is 4.80. The van der Waals surface area contributed by atoms with E-state index in [0.29, 0.717) is 29.4 Å². The summed E-state index contributed by atoms with van der Waals surface area (Å²) in [5.74, 6) is 0. The number of halogens is 1. The molecule has 76 valence electrons. The first-order valence-corrected chi connectivity index (χ1v) is 4.74. The van der Waals surface area contributed by atoms with E-state index in [-0.39, 0.29) is 6.09 Å². The number of anilines is 1. The molecular weight excluding hydrogens is 216 g/mol. The van der Waals surface area contributed by atoms with Gasteiger partial charge in [-0.05, 0) is 18.2 Å². The number of hydrogen-bond donors (Lipinski definition) is 0. The van der Waals surface area contributed by atoms with Crippen LogP contribution in [0.15, 0.2) is 18.2 Å². The molecule has 0 aromatic heterocycles. The number of nitrogens with zero attached hydrogens (tertiary/aromatic N) is 2. The monoisotopic (exact) mass is 222 g/mol. The Balaban J connectivity index is 2.34. The van der Waals surface area contributed by atoms with Crippen molar-refractivity contribution in [2.75, 3.05) is 18.1 Å². The highest BCUT2D eigenvalue weighted by Gasteiger charge is 2.23. The van der Waals surface area contributed by atoms with Crippen molar-refractivity contribution in [1.29, 1.82) is 5.26 Å². The second-order valence-electron chi connectivity index (χ2n) is 3.04. The number of cyclic esters (lactones) is 1. The Hall–Kier alpha value is -1.73. The average molecular weight is 223 g/mol. The van der Waals surface area contributed by atoms with Gasteiger partial charge >= 0.3 is 6.09 Å². The Morgan fingerprint density at radius 1 is 1.53 bits per heavy atom. The number of carbonyl (C=O) groups is 1. The van der Waals surface area contributed by atoms with Crippen molar-refractivity contribution in [3.05, 3.63) is 28.8 Å². The van der Waals surface area contributed by atoms with Gasteiger partial charge in [0.25, 0.3) is 0 Å². The maximum absolute atomic E-state index is 11.2. The summed E-state index contributed by atoms with van der Waals surface area (Å²) in [5, 5.41) is 9.03. The molecule has 0 radical (unpaired) electrons. The van der Waals surface area contributed by atoms with Crippen LogP contribution >= 0.6 is 11.6 Å². The van der Waals surface area contributed by atoms with Gasteiger partial charge in [0.15, 0.2) is 0 Å².